The van der Waals surface area contributed by atoms with Crippen molar-refractivity contribution in [1.82, 2.24) is 4.98 Å². The Kier molecular flexibility index (Phi) is 3.63. The number of benzene rings is 2. The summed E-state index contributed by atoms with van der Waals surface area (Å²) in [5.41, 5.74) is 0.266. The minimum Gasteiger partial charge on any atom is -0.450 e. The smallest absolute Gasteiger partial charge is 0.297 e. The monoisotopic (exact) mass is 443 g/mol. The van der Waals surface area contributed by atoms with Crippen molar-refractivity contribution in [2.75, 3.05) is 16.8 Å². The average Bonchev–Trinajstić information content (AvgIpc) is 3.34. The molecule has 0 radical (unpaired) electrons. The summed E-state index contributed by atoms with van der Waals surface area (Å²) in [4.78, 5) is 50.0. The van der Waals surface area contributed by atoms with Crippen LogP contribution in [0.25, 0.3) is 11.0 Å². The molecule has 7 nitrogen and oxygen atoms in total. The Hall–Kier alpha value is -3.78. The molecule has 2 aliphatic heterocycles. The third-order valence-corrected chi connectivity index (χ3v) is 7.43. The third-order valence-electron chi connectivity index (χ3n) is 6.37. The Morgan fingerprint density at radius 1 is 1.00 bits per heavy atom. The van der Waals surface area contributed by atoms with Crippen LogP contribution in [-0.2, 0) is 10.3 Å². The average molecular weight is 443 g/mol. The Morgan fingerprint density at radius 2 is 1.72 bits per heavy atom. The van der Waals surface area contributed by atoms with E-state index in [2.05, 4.69) is 4.98 Å². The Balaban J connectivity index is 1.81. The number of para-hydroxylation sites is 2. The molecule has 0 N–H and O–H groups in total. The zero-order valence-electron chi connectivity index (χ0n) is 17.5. The summed E-state index contributed by atoms with van der Waals surface area (Å²) in [5.74, 6) is -1.05. The van der Waals surface area contributed by atoms with Crippen molar-refractivity contribution in [1.29, 1.82) is 0 Å². The molecule has 1 spiro atoms. The fourth-order valence-electron chi connectivity index (χ4n) is 4.77. The van der Waals surface area contributed by atoms with Gasteiger partial charge in [0.25, 0.3) is 11.8 Å². The molecule has 0 bridgehead atoms. The predicted octanol–water partition coefficient (Wildman–Crippen LogP) is 3.75. The molecule has 0 fully saturated rings. The first kappa shape index (κ1) is 18.9. The lowest BCUT2D eigenvalue weighted by Gasteiger charge is -2.31. The fraction of sp³-hybridized carbons (Fsp3) is 0.167. The van der Waals surface area contributed by atoms with Crippen LogP contribution in [0.15, 0.2) is 57.7 Å². The summed E-state index contributed by atoms with van der Waals surface area (Å²) >= 11 is 1.31. The van der Waals surface area contributed by atoms with Crippen molar-refractivity contribution in [2.24, 2.45) is 0 Å². The summed E-state index contributed by atoms with van der Waals surface area (Å²) in [6.07, 6.45) is 0. The minimum absolute atomic E-state index is 0.0495. The van der Waals surface area contributed by atoms with Crippen molar-refractivity contribution >= 4 is 44.9 Å². The zero-order chi connectivity index (χ0) is 22.4. The first-order valence-electron chi connectivity index (χ1n) is 10.1. The van der Waals surface area contributed by atoms with E-state index >= 15 is 0 Å². The van der Waals surface area contributed by atoms with Gasteiger partial charge in [0, 0.05) is 23.2 Å². The maximum atomic E-state index is 14.0. The van der Waals surface area contributed by atoms with Crippen LogP contribution in [0.4, 0.5) is 10.8 Å². The molecule has 158 valence electrons. The molecule has 0 saturated carbocycles. The van der Waals surface area contributed by atoms with E-state index in [0.29, 0.717) is 27.4 Å². The van der Waals surface area contributed by atoms with E-state index in [4.69, 9.17) is 4.42 Å². The van der Waals surface area contributed by atoms with Gasteiger partial charge in [0.2, 0.25) is 5.76 Å². The number of amides is 2. The van der Waals surface area contributed by atoms with E-state index in [1.165, 1.54) is 21.1 Å². The maximum Gasteiger partial charge on any atom is 0.297 e. The largest absolute Gasteiger partial charge is 0.450 e. The molecular formula is C24H17N3O4S. The number of nitrogens with zero attached hydrogens (tertiary/aromatic N) is 3. The van der Waals surface area contributed by atoms with Gasteiger partial charge in [0.05, 0.1) is 16.6 Å². The molecule has 32 heavy (non-hydrogen) atoms. The number of carbonyl (C=O) groups excluding carboxylic acids is 2. The lowest BCUT2D eigenvalue weighted by Crippen LogP contribution is -2.53. The molecule has 1 unspecified atom stereocenters. The number of thiazole rings is 1. The molecule has 8 heteroatoms. The molecule has 4 aromatic rings. The van der Waals surface area contributed by atoms with Crippen LogP contribution in [0, 0.1) is 13.8 Å². The number of aromatic nitrogens is 1. The Bertz CT molecular complexity index is 1530. The second kappa shape index (κ2) is 6.14. The number of fused-ring (bicyclic) bond motifs is 5. The molecule has 2 aromatic heterocycles. The van der Waals surface area contributed by atoms with Crippen LogP contribution in [0.3, 0.4) is 0 Å². The number of hydrogen-bond acceptors (Lipinski definition) is 6. The molecule has 2 aliphatic rings. The van der Waals surface area contributed by atoms with Gasteiger partial charge >= 0.3 is 0 Å². The van der Waals surface area contributed by atoms with Crippen molar-refractivity contribution < 1.29 is 14.0 Å². The molecule has 4 heterocycles. The summed E-state index contributed by atoms with van der Waals surface area (Å²) in [6.45, 7) is 3.76. The summed E-state index contributed by atoms with van der Waals surface area (Å²) in [5, 5.41) is 0.685. The molecular weight excluding hydrogens is 426 g/mol. The fourth-order valence-corrected chi connectivity index (χ4v) is 5.73. The van der Waals surface area contributed by atoms with E-state index in [1.807, 2.05) is 26.0 Å². The van der Waals surface area contributed by atoms with E-state index in [-0.39, 0.29) is 22.7 Å². The topological polar surface area (TPSA) is 83.7 Å². The van der Waals surface area contributed by atoms with Gasteiger partial charge in [-0.15, -0.1) is 11.3 Å². The van der Waals surface area contributed by atoms with Gasteiger partial charge < -0.3 is 9.32 Å². The van der Waals surface area contributed by atoms with Crippen LogP contribution in [-0.4, -0.2) is 23.8 Å². The maximum absolute atomic E-state index is 14.0. The van der Waals surface area contributed by atoms with Gasteiger partial charge in [-0.25, -0.2) is 4.98 Å². The second-order valence-electron chi connectivity index (χ2n) is 8.00. The number of hydrogen-bond donors (Lipinski definition) is 0. The highest BCUT2D eigenvalue weighted by molar-refractivity contribution is 7.16. The van der Waals surface area contributed by atoms with Crippen molar-refractivity contribution in [2.45, 2.75) is 19.4 Å². The van der Waals surface area contributed by atoms with Gasteiger partial charge in [-0.2, -0.15) is 0 Å². The SMILES string of the molecule is Cc1nc(N2C(=O)c3oc4ccccc4c(=O)c3C23C(=O)N(C)c2ccccc23)sc1C. The molecule has 6 rings (SSSR count). The highest BCUT2D eigenvalue weighted by Crippen LogP contribution is 2.54. The second-order valence-corrected chi connectivity index (χ2v) is 9.18. The van der Waals surface area contributed by atoms with Crippen LogP contribution < -0.4 is 15.2 Å². The molecule has 0 aliphatic carbocycles. The molecule has 1 atom stereocenters. The van der Waals surface area contributed by atoms with Crippen molar-refractivity contribution in [3.63, 3.8) is 0 Å². The van der Waals surface area contributed by atoms with E-state index in [0.717, 1.165) is 10.6 Å². The molecule has 2 aromatic carbocycles. The summed E-state index contributed by atoms with van der Waals surface area (Å²) in [6, 6.07) is 14.0. The highest BCUT2D eigenvalue weighted by Gasteiger charge is 2.65. The number of likely N-dealkylation sites (N-methyl/N-ethyl adjacent to an activating group) is 1. The van der Waals surface area contributed by atoms with Crippen LogP contribution in [0.2, 0.25) is 0 Å². The van der Waals surface area contributed by atoms with Gasteiger partial charge in [0.1, 0.15) is 5.58 Å². The van der Waals surface area contributed by atoms with Crippen LogP contribution >= 0.6 is 11.3 Å². The highest BCUT2D eigenvalue weighted by atomic mass is 32.1. The van der Waals surface area contributed by atoms with Gasteiger partial charge in [-0.3, -0.25) is 19.3 Å². The first-order valence-corrected chi connectivity index (χ1v) is 10.9. The molecule has 0 saturated heterocycles. The lowest BCUT2D eigenvalue weighted by atomic mass is 9.84. The first-order chi connectivity index (χ1) is 15.4. The standard InChI is InChI=1S/C24H17N3O4S/c1-12-13(2)32-23(25-12)27-21(29)20-18(19(28)14-8-4-7-11-17(14)31-20)24(27)15-9-5-6-10-16(15)26(3)22(24)30/h4-11H,1-3H3. The lowest BCUT2D eigenvalue weighted by molar-refractivity contribution is -0.121. The number of aryl methyl sites for hydroxylation is 2. The van der Waals surface area contributed by atoms with Gasteiger partial charge in [0.15, 0.2) is 16.1 Å². The van der Waals surface area contributed by atoms with Gasteiger partial charge in [-0.1, -0.05) is 30.3 Å². The predicted molar refractivity (Wildman–Crippen MR) is 122 cm³/mol. The van der Waals surface area contributed by atoms with Crippen molar-refractivity contribution in [3.8, 4) is 0 Å². The number of anilines is 2. The van der Waals surface area contributed by atoms with Crippen LogP contribution in [0.1, 0.15) is 32.3 Å². The van der Waals surface area contributed by atoms with Crippen molar-refractivity contribution in [3.05, 3.63) is 86.2 Å². The summed E-state index contributed by atoms with van der Waals surface area (Å²) in [7, 11) is 1.65. The van der Waals surface area contributed by atoms with E-state index in [1.54, 1.807) is 43.4 Å². The van der Waals surface area contributed by atoms with Gasteiger partial charge in [-0.05, 0) is 32.0 Å². The van der Waals surface area contributed by atoms with Crippen LogP contribution in [0.5, 0.6) is 0 Å². The zero-order valence-corrected chi connectivity index (χ0v) is 18.3. The van der Waals surface area contributed by atoms with E-state index in [9.17, 15) is 14.4 Å². The number of rotatable bonds is 1. The Morgan fingerprint density at radius 3 is 2.47 bits per heavy atom. The quantitative estimate of drug-likeness (QED) is 0.447. The number of carbonyl (C=O) groups is 2. The summed E-state index contributed by atoms with van der Waals surface area (Å²) < 4.78 is 5.99. The molecule has 2 amide bonds. The third kappa shape index (κ3) is 2.05. The van der Waals surface area contributed by atoms with E-state index < -0.39 is 11.4 Å². The minimum atomic E-state index is -1.67. The normalized spacial score (nSPS) is 19.3. The Labute approximate surface area is 186 Å².